The van der Waals surface area contributed by atoms with Crippen LogP contribution in [0.25, 0.3) is 22.2 Å². The molecular formula is C24H15BrFN5O2S. The molecule has 2 heterocycles. The summed E-state index contributed by atoms with van der Waals surface area (Å²) in [5.74, 6) is -0.454. The van der Waals surface area contributed by atoms with Gasteiger partial charge >= 0.3 is 0 Å². The Morgan fingerprint density at radius 3 is 2.79 bits per heavy atom. The maximum atomic E-state index is 14.3. The number of thiazole rings is 1. The molecule has 0 aliphatic carbocycles. The van der Waals surface area contributed by atoms with Gasteiger partial charge in [-0.25, -0.2) is 14.1 Å². The van der Waals surface area contributed by atoms with Gasteiger partial charge in [0, 0.05) is 50.2 Å². The van der Waals surface area contributed by atoms with E-state index in [1.165, 1.54) is 29.5 Å². The Morgan fingerprint density at radius 1 is 1.12 bits per heavy atom. The van der Waals surface area contributed by atoms with E-state index in [-0.39, 0.29) is 11.4 Å². The Balaban J connectivity index is 1.68. The highest BCUT2D eigenvalue weighted by Gasteiger charge is 2.13. The molecule has 0 fully saturated rings. The van der Waals surface area contributed by atoms with E-state index < -0.39 is 10.7 Å². The van der Waals surface area contributed by atoms with Gasteiger partial charge in [0.25, 0.3) is 5.69 Å². The number of halogens is 2. The van der Waals surface area contributed by atoms with E-state index in [0.717, 1.165) is 20.9 Å². The van der Waals surface area contributed by atoms with Crippen molar-refractivity contribution in [1.82, 2.24) is 9.66 Å². The molecule has 0 radical (unpaired) electrons. The summed E-state index contributed by atoms with van der Waals surface area (Å²) in [5, 5.41) is 18.7. The predicted octanol–water partition coefficient (Wildman–Crippen LogP) is 6.62. The maximum absolute atomic E-state index is 14.3. The van der Waals surface area contributed by atoms with Gasteiger partial charge in [0.15, 0.2) is 0 Å². The smallest absolute Gasteiger partial charge is 0.270 e. The summed E-state index contributed by atoms with van der Waals surface area (Å²) in [6, 6.07) is 18.4. The molecule has 0 saturated heterocycles. The lowest BCUT2D eigenvalue weighted by atomic mass is 10.1. The molecule has 7 nitrogen and oxygen atoms in total. The van der Waals surface area contributed by atoms with Crippen LogP contribution >= 0.6 is 27.3 Å². The number of nitrogens with one attached hydrogen (secondary N) is 1. The molecule has 0 bridgehead atoms. The van der Waals surface area contributed by atoms with Crippen molar-refractivity contribution in [3.05, 3.63) is 109 Å². The number of H-pyrrole nitrogens is 1. The van der Waals surface area contributed by atoms with Crippen LogP contribution in [-0.2, 0) is 0 Å². The van der Waals surface area contributed by atoms with Crippen molar-refractivity contribution in [3.8, 4) is 11.3 Å². The molecule has 5 aromatic rings. The summed E-state index contributed by atoms with van der Waals surface area (Å²) in [7, 11) is 0. The summed E-state index contributed by atoms with van der Waals surface area (Å²) in [6.45, 7) is 0. The van der Waals surface area contributed by atoms with E-state index in [1.54, 1.807) is 46.6 Å². The Morgan fingerprint density at radius 2 is 1.97 bits per heavy atom. The Bertz CT molecular complexity index is 1640. The van der Waals surface area contributed by atoms with Crippen LogP contribution in [0.15, 0.2) is 92.9 Å². The minimum Gasteiger partial charge on any atom is -0.361 e. The second kappa shape index (κ2) is 9.16. The molecule has 0 amide bonds. The quantitative estimate of drug-likeness (QED) is 0.155. The SMILES string of the molecule is O=[N+]([O-])c1cccc(-c2csc(=Nc3ccccc3F)n2N=Cc2c[nH]c3ccc(Br)cc23)c1. The highest BCUT2D eigenvalue weighted by atomic mass is 79.9. The van der Waals surface area contributed by atoms with Crippen LogP contribution in [0.4, 0.5) is 15.8 Å². The normalized spacial score (nSPS) is 12.1. The molecule has 0 aliphatic rings. The molecule has 34 heavy (non-hydrogen) atoms. The number of aromatic nitrogens is 2. The number of benzene rings is 3. The van der Waals surface area contributed by atoms with E-state index in [9.17, 15) is 14.5 Å². The number of nitrogens with zero attached hydrogens (tertiary/aromatic N) is 4. The van der Waals surface area contributed by atoms with Gasteiger partial charge in [-0.1, -0.05) is 40.2 Å². The summed E-state index contributed by atoms with van der Waals surface area (Å²) in [6.07, 6.45) is 3.52. The number of hydrogen-bond acceptors (Lipinski definition) is 5. The predicted molar refractivity (Wildman–Crippen MR) is 135 cm³/mol. The summed E-state index contributed by atoms with van der Waals surface area (Å²) in [4.78, 5) is 18.9. The van der Waals surface area contributed by atoms with Crippen LogP contribution < -0.4 is 4.80 Å². The van der Waals surface area contributed by atoms with Crippen molar-refractivity contribution in [2.24, 2.45) is 10.1 Å². The zero-order valence-electron chi connectivity index (χ0n) is 17.4. The lowest BCUT2D eigenvalue weighted by molar-refractivity contribution is -0.384. The first kappa shape index (κ1) is 21.9. The third kappa shape index (κ3) is 4.33. The van der Waals surface area contributed by atoms with Crippen molar-refractivity contribution in [2.75, 3.05) is 0 Å². The number of rotatable bonds is 5. The van der Waals surface area contributed by atoms with Crippen molar-refractivity contribution in [1.29, 1.82) is 0 Å². The average Bonchev–Trinajstić information content (AvgIpc) is 3.42. The largest absolute Gasteiger partial charge is 0.361 e. The molecule has 2 aromatic heterocycles. The van der Waals surface area contributed by atoms with Crippen LogP contribution in [0, 0.1) is 15.9 Å². The Hall–Kier alpha value is -3.89. The molecule has 1 N–H and O–H groups in total. The van der Waals surface area contributed by atoms with Gasteiger partial charge in [0.2, 0.25) is 4.80 Å². The summed E-state index contributed by atoms with van der Waals surface area (Å²) < 4.78 is 16.8. The minimum atomic E-state index is -0.454. The van der Waals surface area contributed by atoms with Crippen molar-refractivity contribution in [3.63, 3.8) is 0 Å². The van der Waals surface area contributed by atoms with Crippen LogP contribution in [0.2, 0.25) is 0 Å². The summed E-state index contributed by atoms with van der Waals surface area (Å²) in [5.41, 5.74) is 3.13. The van der Waals surface area contributed by atoms with Crippen LogP contribution in [0.3, 0.4) is 0 Å². The molecule has 0 aliphatic heterocycles. The first-order chi connectivity index (χ1) is 16.5. The summed E-state index contributed by atoms with van der Waals surface area (Å²) >= 11 is 4.75. The Kier molecular flexibility index (Phi) is 5.91. The minimum absolute atomic E-state index is 0.0340. The number of para-hydroxylation sites is 1. The lowest BCUT2D eigenvalue weighted by Gasteiger charge is -2.04. The molecule has 10 heteroatoms. The number of hydrogen-bond donors (Lipinski definition) is 1. The number of aromatic amines is 1. The molecule has 168 valence electrons. The van der Waals surface area contributed by atoms with Gasteiger partial charge in [0.05, 0.1) is 16.8 Å². The highest BCUT2D eigenvalue weighted by molar-refractivity contribution is 9.10. The molecule has 0 unspecified atom stereocenters. The van der Waals surface area contributed by atoms with E-state index >= 15 is 0 Å². The van der Waals surface area contributed by atoms with Gasteiger partial charge in [-0.2, -0.15) is 5.10 Å². The number of non-ortho nitro benzene ring substituents is 1. The number of fused-ring (bicyclic) bond motifs is 1. The van der Waals surface area contributed by atoms with Crippen molar-refractivity contribution in [2.45, 2.75) is 0 Å². The Labute approximate surface area is 204 Å². The van der Waals surface area contributed by atoms with Gasteiger partial charge < -0.3 is 4.98 Å². The van der Waals surface area contributed by atoms with Gasteiger partial charge in [-0.3, -0.25) is 10.1 Å². The third-order valence-corrected chi connectivity index (χ3v) is 6.40. The fraction of sp³-hybridized carbons (Fsp3) is 0. The topological polar surface area (TPSA) is 88.6 Å². The van der Waals surface area contributed by atoms with E-state index in [1.807, 2.05) is 24.4 Å². The third-order valence-electron chi connectivity index (χ3n) is 5.09. The monoisotopic (exact) mass is 535 g/mol. The van der Waals surface area contributed by atoms with Crippen LogP contribution in [0.5, 0.6) is 0 Å². The first-order valence-corrected chi connectivity index (χ1v) is 11.7. The lowest BCUT2D eigenvalue weighted by Crippen LogP contribution is -2.11. The van der Waals surface area contributed by atoms with E-state index in [0.29, 0.717) is 16.1 Å². The zero-order chi connectivity index (χ0) is 23.7. The second-order valence-corrected chi connectivity index (χ2v) is 9.02. The van der Waals surface area contributed by atoms with Crippen LogP contribution in [-0.4, -0.2) is 20.8 Å². The molecule has 0 atom stereocenters. The first-order valence-electron chi connectivity index (χ1n) is 10.1. The maximum Gasteiger partial charge on any atom is 0.270 e. The molecule has 5 rings (SSSR count). The van der Waals surface area contributed by atoms with Crippen LogP contribution in [0.1, 0.15) is 5.56 Å². The van der Waals surface area contributed by atoms with Gasteiger partial charge in [-0.05, 0) is 30.3 Å². The fourth-order valence-corrected chi connectivity index (χ4v) is 4.66. The second-order valence-electron chi connectivity index (χ2n) is 7.26. The zero-order valence-corrected chi connectivity index (χ0v) is 19.8. The average molecular weight is 536 g/mol. The van der Waals surface area contributed by atoms with Gasteiger partial charge in [-0.15, -0.1) is 11.3 Å². The molecule has 0 spiro atoms. The fourth-order valence-electron chi connectivity index (χ4n) is 3.45. The van der Waals surface area contributed by atoms with Crippen molar-refractivity contribution < 1.29 is 9.31 Å². The van der Waals surface area contributed by atoms with Gasteiger partial charge in [0.1, 0.15) is 11.5 Å². The number of nitro benzene ring substituents is 1. The molecule has 0 saturated carbocycles. The number of nitro groups is 1. The van der Waals surface area contributed by atoms with E-state index in [2.05, 4.69) is 31.0 Å². The van der Waals surface area contributed by atoms with Crippen molar-refractivity contribution >= 4 is 55.8 Å². The van der Waals surface area contributed by atoms with E-state index in [4.69, 9.17) is 0 Å². The highest BCUT2D eigenvalue weighted by Crippen LogP contribution is 2.26. The molecular weight excluding hydrogens is 521 g/mol. The standard InChI is InChI=1S/C24H15BrFN5O2S/c25-17-8-9-21-19(11-17)16(12-27-21)13-28-30-23(15-4-3-5-18(10-15)31(32)33)14-34-24(30)29-22-7-2-1-6-20(22)26/h1-14,27H. The molecule has 3 aromatic carbocycles.